The van der Waals surface area contributed by atoms with Crippen LogP contribution in [0, 0.1) is 11.6 Å². The lowest BCUT2D eigenvalue weighted by atomic mass is 10.1. The maximum Gasteiger partial charge on any atom is 0.254 e. The molecule has 1 aliphatic rings. The highest BCUT2D eigenvalue weighted by Crippen LogP contribution is 2.18. The van der Waals surface area contributed by atoms with E-state index in [0.717, 1.165) is 30.4 Å². The molecule has 1 aliphatic heterocycles. The predicted molar refractivity (Wildman–Crippen MR) is 64.2 cm³/mol. The van der Waals surface area contributed by atoms with Gasteiger partial charge in [0.05, 0.1) is 5.56 Å². The zero-order valence-corrected chi connectivity index (χ0v) is 10.0. The summed E-state index contributed by atoms with van der Waals surface area (Å²) in [5, 5.41) is 2.74. The summed E-state index contributed by atoms with van der Waals surface area (Å²) in [6.45, 7) is 0. The van der Waals surface area contributed by atoms with Crippen molar-refractivity contribution >= 4 is 17.7 Å². The molecule has 0 radical (unpaired) electrons. The van der Waals surface area contributed by atoms with Crippen LogP contribution in [0.4, 0.5) is 8.78 Å². The fraction of sp³-hybridized carbons (Fsp3) is 0.417. The molecule has 1 aromatic carbocycles. The van der Waals surface area contributed by atoms with Crippen molar-refractivity contribution in [3.8, 4) is 0 Å². The molecule has 1 N–H and O–H groups in total. The van der Waals surface area contributed by atoms with E-state index in [4.69, 9.17) is 0 Å². The molecular formula is C12H13F2NOS. The average molecular weight is 257 g/mol. The second kappa shape index (κ2) is 5.49. The molecule has 1 amide bonds. The fourth-order valence-corrected chi connectivity index (χ4v) is 2.87. The molecule has 0 saturated carbocycles. The first-order chi connectivity index (χ1) is 8.18. The Balaban J connectivity index is 2.06. The third-order valence-electron chi connectivity index (χ3n) is 2.69. The number of rotatable bonds is 2. The number of carbonyl (C=O) groups is 1. The third-order valence-corrected chi connectivity index (χ3v) is 3.91. The summed E-state index contributed by atoms with van der Waals surface area (Å²) in [4.78, 5) is 11.8. The topological polar surface area (TPSA) is 29.1 Å². The van der Waals surface area contributed by atoms with E-state index in [-0.39, 0.29) is 11.6 Å². The standard InChI is InChI=1S/C12H13F2NOS/c13-10-5-1-4-9(11(10)14)12(16)15-8-3-2-6-17-7-8/h1,4-5,8H,2-3,6-7H2,(H,15,16). The zero-order valence-electron chi connectivity index (χ0n) is 9.21. The van der Waals surface area contributed by atoms with Gasteiger partial charge < -0.3 is 5.32 Å². The van der Waals surface area contributed by atoms with Crippen molar-refractivity contribution in [2.24, 2.45) is 0 Å². The maximum absolute atomic E-state index is 13.4. The van der Waals surface area contributed by atoms with Crippen molar-refractivity contribution < 1.29 is 13.6 Å². The van der Waals surface area contributed by atoms with Gasteiger partial charge in [-0.1, -0.05) is 6.07 Å². The summed E-state index contributed by atoms with van der Waals surface area (Å²) in [6.07, 6.45) is 1.94. The van der Waals surface area contributed by atoms with E-state index < -0.39 is 17.5 Å². The van der Waals surface area contributed by atoms with Gasteiger partial charge in [0.2, 0.25) is 0 Å². The van der Waals surface area contributed by atoms with Crippen molar-refractivity contribution in [1.82, 2.24) is 5.32 Å². The number of benzene rings is 1. The van der Waals surface area contributed by atoms with Crippen molar-refractivity contribution in [2.75, 3.05) is 11.5 Å². The second-order valence-electron chi connectivity index (χ2n) is 3.99. The van der Waals surface area contributed by atoms with Crippen LogP contribution in [0.15, 0.2) is 18.2 Å². The highest BCUT2D eigenvalue weighted by molar-refractivity contribution is 7.99. The van der Waals surface area contributed by atoms with E-state index in [2.05, 4.69) is 5.32 Å². The van der Waals surface area contributed by atoms with Crippen LogP contribution >= 0.6 is 11.8 Å². The van der Waals surface area contributed by atoms with Crippen molar-refractivity contribution in [3.63, 3.8) is 0 Å². The summed E-state index contributed by atoms with van der Waals surface area (Å²) in [5.41, 5.74) is -0.222. The SMILES string of the molecule is O=C(NC1CCCSC1)c1cccc(F)c1F. The summed E-state index contributed by atoms with van der Waals surface area (Å²) >= 11 is 1.76. The van der Waals surface area contributed by atoms with Gasteiger partial charge in [-0.3, -0.25) is 4.79 Å². The van der Waals surface area contributed by atoms with Crippen LogP contribution in [-0.2, 0) is 0 Å². The van der Waals surface area contributed by atoms with Gasteiger partial charge in [0.25, 0.3) is 5.91 Å². The molecule has 1 unspecified atom stereocenters. The van der Waals surface area contributed by atoms with Gasteiger partial charge in [-0.15, -0.1) is 0 Å². The minimum atomic E-state index is -1.08. The average Bonchev–Trinajstić information content (AvgIpc) is 2.34. The summed E-state index contributed by atoms with van der Waals surface area (Å²) in [5.74, 6) is -0.665. The largest absolute Gasteiger partial charge is 0.348 e. The molecule has 1 saturated heterocycles. The molecule has 0 aliphatic carbocycles. The van der Waals surface area contributed by atoms with Gasteiger partial charge >= 0.3 is 0 Å². The smallest absolute Gasteiger partial charge is 0.254 e. The van der Waals surface area contributed by atoms with Gasteiger partial charge in [0.15, 0.2) is 11.6 Å². The molecule has 17 heavy (non-hydrogen) atoms. The molecule has 0 bridgehead atoms. The van der Waals surface area contributed by atoms with E-state index in [0.29, 0.717) is 0 Å². The Morgan fingerprint density at radius 1 is 1.41 bits per heavy atom. The van der Waals surface area contributed by atoms with Gasteiger partial charge in [0.1, 0.15) is 0 Å². The van der Waals surface area contributed by atoms with E-state index in [1.165, 1.54) is 12.1 Å². The predicted octanol–water partition coefficient (Wildman–Crippen LogP) is 2.59. The molecule has 0 aromatic heterocycles. The first kappa shape index (κ1) is 12.4. The van der Waals surface area contributed by atoms with E-state index in [9.17, 15) is 13.6 Å². The minimum absolute atomic E-state index is 0.0592. The lowest BCUT2D eigenvalue weighted by molar-refractivity contribution is 0.0933. The highest BCUT2D eigenvalue weighted by Gasteiger charge is 2.20. The van der Waals surface area contributed by atoms with Gasteiger partial charge in [-0.25, -0.2) is 8.78 Å². The molecule has 5 heteroatoms. The van der Waals surface area contributed by atoms with Crippen LogP contribution in [0.3, 0.4) is 0 Å². The van der Waals surface area contributed by atoms with Crippen LogP contribution in [0.1, 0.15) is 23.2 Å². The minimum Gasteiger partial charge on any atom is -0.348 e. The van der Waals surface area contributed by atoms with E-state index >= 15 is 0 Å². The summed E-state index contributed by atoms with van der Waals surface area (Å²) in [7, 11) is 0. The first-order valence-electron chi connectivity index (χ1n) is 5.51. The number of nitrogens with one attached hydrogen (secondary N) is 1. The van der Waals surface area contributed by atoms with Crippen LogP contribution in [0.25, 0.3) is 0 Å². The van der Waals surface area contributed by atoms with E-state index in [1.807, 2.05) is 0 Å². The Kier molecular flexibility index (Phi) is 3.99. The molecule has 0 spiro atoms. The molecular weight excluding hydrogens is 244 g/mol. The number of thioether (sulfide) groups is 1. The van der Waals surface area contributed by atoms with Crippen LogP contribution in [0.5, 0.6) is 0 Å². The van der Waals surface area contributed by atoms with Crippen LogP contribution in [-0.4, -0.2) is 23.5 Å². The molecule has 1 heterocycles. The van der Waals surface area contributed by atoms with Crippen molar-refractivity contribution in [1.29, 1.82) is 0 Å². The quantitative estimate of drug-likeness (QED) is 0.882. The number of hydrogen-bond acceptors (Lipinski definition) is 2. The van der Waals surface area contributed by atoms with Crippen molar-refractivity contribution in [3.05, 3.63) is 35.4 Å². The zero-order chi connectivity index (χ0) is 12.3. The molecule has 2 nitrogen and oxygen atoms in total. The molecule has 1 fully saturated rings. The van der Waals surface area contributed by atoms with Crippen LogP contribution in [0.2, 0.25) is 0 Å². The number of hydrogen-bond donors (Lipinski definition) is 1. The van der Waals surface area contributed by atoms with Gasteiger partial charge in [-0.05, 0) is 30.7 Å². The fourth-order valence-electron chi connectivity index (χ4n) is 1.80. The third kappa shape index (κ3) is 2.97. The first-order valence-corrected chi connectivity index (χ1v) is 6.66. The normalized spacial score (nSPS) is 20.0. The Morgan fingerprint density at radius 3 is 2.94 bits per heavy atom. The Morgan fingerprint density at radius 2 is 2.24 bits per heavy atom. The number of amides is 1. The Labute approximate surface area is 103 Å². The highest BCUT2D eigenvalue weighted by atomic mass is 32.2. The lowest BCUT2D eigenvalue weighted by Gasteiger charge is -2.22. The number of carbonyl (C=O) groups excluding carboxylic acids is 1. The van der Waals surface area contributed by atoms with E-state index in [1.54, 1.807) is 11.8 Å². The second-order valence-corrected chi connectivity index (χ2v) is 5.14. The summed E-state index contributed by atoms with van der Waals surface area (Å²) in [6, 6.07) is 3.69. The Bertz CT molecular complexity index is 419. The number of halogens is 2. The lowest BCUT2D eigenvalue weighted by Crippen LogP contribution is -2.38. The molecule has 1 atom stereocenters. The van der Waals surface area contributed by atoms with Crippen molar-refractivity contribution in [2.45, 2.75) is 18.9 Å². The van der Waals surface area contributed by atoms with Gasteiger partial charge in [-0.2, -0.15) is 11.8 Å². The molecule has 1 aromatic rings. The summed E-state index contributed by atoms with van der Waals surface area (Å²) < 4.78 is 26.3. The molecule has 2 rings (SSSR count). The molecule has 92 valence electrons. The monoisotopic (exact) mass is 257 g/mol. The van der Waals surface area contributed by atoms with Crippen LogP contribution < -0.4 is 5.32 Å². The van der Waals surface area contributed by atoms with Gasteiger partial charge in [0, 0.05) is 11.8 Å². The maximum atomic E-state index is 13.4. The Hall–Kier alpha value is -1.10.